The first-order valence-electron chi connectivity index (χ1n) is 14.4. The van der Waals surface area contributed by atoms with Crippen molar-refractivity contribution in [3.05, 3.63) is 105 Å². The Balaban J connectivity index is 0.993. The van der Waals surface area contributed by atoms with E-state index in [9.17, 15) is 4.79 Å². The molecule has 0 aliphatic carbocycles. The van der Waals surface area contributed by atoms with Gasteiger partial charge in [-0.15, -0.1) is 0 Å². The molecule has 0 unspecified atom stereocenters. The molecule has 1 N–H and O–H groups in total. The number of anilines is 2. The van der Waals surface area contributed by atoms with Crippen LogP contribution in [-0.4, -0.2) is 72.4 Å². The van der Waals surface area contributed by atoms with Gasteiger partial charge >= 0.3 is 0 Å². The number of hydrogen-bond donors (Lipinski definition) is 1. The topological polar surface area (TPSA) is 81.1 Å². The molecule has 1 aromatic heterocycles. The Bertz CT molecular complexity index is 1620. The van der Waals surface area contributed by atoms with E-state index < -0.39 is 5.79 Å². The van der Waals surface area contributed by atoms with Gasteiger partial charge in [-0.2, -0.15) is 0 Å². The van der Waals surface area contributed by atoms with Gasteiger partial charge in [-0.05, 0) is 54.6 Å². The van der Waals surface area contributed by atoms with E-state index in [1.54, 1.807) is 42.9 Å². The fourth-order valence-corrected chi connectivity index (χ4v) is 6.47. The molecule has 9 nitrogen and oxygen atoms in total. The number of nitrogens with one attached hydrogen (secondary N) is 1. The van der Waals surface area contributed by atoms with Gasteiger partial charge in [0, 0.05) is 59.9 Å². The largest absolute Gasteiger partial charge is 0.491 e. The number of imidazole rings is 1. The van der Waals surface area contributed by atoms with Crippen LogP contribution in [0, 0.1) is 0 Å². The molecule has 3 heterocycles. The Morgan fingerprint density at radius 3 is 2.38 bits per heavy atom. The third kappa shape index (κ3) is 7.86. The van der Waals surface area contributed by atoms with E-state index in [-0.39, 0.29) is 12.0 Å². The second-order valence-electron chi connectivity index (χ2n) is 10.9. The van der Waals surface area contributed by atoms with Crippen LogP contribution >= 0.6 is 46.4 Å². The van der Waals surface area contributed by atoms with Gasteiger partial charge in [0.2, 0.25) is 11.7 Å². The smallest absolute Gasteiger partial charge is 0.238 e. The molecule has 2 saturated heterocycles. The number of ether oxygens (including phenoxy) is 3. The first-order chi connectivity index (χ1) is 21.8. The molecule has 236 valence electrons. The molecule has 0 saturated carbocycles. The van der Waals surface area contributed by atoms with Gasteiger partial charge in [0.25, 0.3) is 0 Å². The van der Waals surface area contributed by atoms with E-state index >= 15 is 0 Å². The van der Waals surface area contributed by atoms with Crippen LogP contribution in [0.2, 0.25) is 20.1 Å². The maximum absolute atomic E-state index is 12.6. The zero-order valence-corrected chi connectivity index (χ0v) is 27.2. The minimum Gasteiger partial charge on any atom is -0.491 e. The molecule has 2 fully saturated rings. The van der Waals surface area contributed by atoms with E-state index in [4.69, 9.17) is 60.6 Å². The van der Waals surface area contributed by atoms with Gasteiger partial charge in [-0.1, -0.05) is 52.5 Å². The summed E-state index contributed by atoms with van der Waals surface area (Å²) in [6.07, 6.45) is 4.94. The second kappa shape index (κ2) is 14.2. The fraction of sp³-hybridized carbons (Fsp3) is 0.312. The van der Waals surface area contributed by atoms with Crippen LogP contribution in [0.5, 0.6) is 5.75 Å². The monoisotopic (exact) mass is 689 g/mol. The van der Waals surface area contributed by atoms with Gasteiger partial charge < -0.3 is 29.0 Å². The highest BCUT2D eigenvalue weighted by molar-refractivity contribution is 6.36. The van der Waals surface area contributed by atoms with Gasteiger partial charge in [0.1, 0.15) is 18.5 Å². The minimum absolute atomic E-state index is 0.110. The van der Waals surface area contributed by atoms with Gasteiger partial charge in [-0.3, -0.25) is 9.69 Å². The number of aromatic nitrogens is 2. The summed E-state index contributed by atoms with van der Waals surface area (Å²) in [5.41, 5.74) is 2.34. The van der Waals surface area contributed by atoms with Crippen molar-refractivity contribution < 1.29 is 19.0 Å². The lowest BCUT2D eigenvalue weighted by molar-refractivity contribution is -0.189. The van der Waals surface area contributed by atoms with E-state index in [0.29, 0.717) is 57.6 Å². The van der Waals surface area contributed by atoms with Crippen LogP contribution in [0.3, 0.4) is 0 Å². The number of carbonyl (C=O) groups excluding carboxylic acids is 1. The average molecular weight is 691 g/mol. The van der Waals surface area contributed by atoms with Gasteiger partial charge in [0.15, 0.2) is 0 Å². The third-order valence-corrected chi connectivity index (χ3v) is 8.83. The number of amides is 1. The maximum Gasteiger partial charge on any atom is 0.238 e. The zero-order chi connectivity index (χ0) is 31.4. The van der Waals surface area contributed by atoms with E-state index in [1.165, 1.54) is 0 Å². The molecule has 6 rings (SSSR count). The molecule has 45 heavy (non-hydrogen) atoms. The van der Waals surface area contributed by atoms with E-state index in [1.807, 2.05) is 41.1 Å². The van der Waals surface area contributed by atoms with Gasteiger partial charge in [-0.25, -0.2) is 4.98 Å². The molecule has 2 aliphatic rings. The number of halogens is 4. The summed E-state index contributed by atoms with van der Waals surface area (Å²) in [5.74, 6) is -0.484. The molecular weight excluding hydrogens is 660 g/mol. The van der Waals surface area contributed by atoms with Crippen LogP contribution in [-0.2, 0) is 26.6 Å². The molecule has 0 radical (unpaired) electrons. The van der Waals surface area contributed by atoms with Crippen molar-refractivity contribution in [2.24, 2.45) is 0 Å². The molecule has 2 aliphatic heterocycles. The van der Waals surface area contributed by atoms with Crippen molar-refractivity contribution in [2.45, 2.75) is 18.4 Å². The lowest BCUT2D eigenvalue weighted by atomic mass is 10.1. The molecule has 0 spiro atoms. The van der Waals surface area contributed by atoms with Crippen molar-refractivity contribution >= 4 is 63.7 Å². The predicted octanol–water partition coefficient (Wildman–Crippen LogP) is 6.60. The van der Waals surface area contributed by atoms with E-state index in [0.717, 1.165) is 37.6 Å². The van der Waals surface area contributed by atoms with Crippen molar-refractivity contribution in [1.82, 2.24) is 14.5 Å². The molecule has 3 aromatic carbocycles. The summed E-state index contributed by atoms with van der Waals surface area (Å²) in [6, 6.07) is 18.3. The number of piperazine rings is 1. The average Bonchev–Trinajstić information content (AvgIpc) is 3.69. The Morgan fingerprint density at radius 1 is 0.956 bits per heavy atom. The molecule has 2 atom stereocenters. The lowest BCUT2D eigenvalue weighted by Crippen LogP contribution is -2.48. The Morgan fingerprint density at radius 2 is 1.69 bits per heavy atom. The molecular formula is C32H31Cl4N5O4. The van der Waals surface area contributed by atoms with Crippen LogP contribution in [0.15, 0.2) is 79.4 Å². The normalized spacial score (nSPS) is 20.4. The van der Waals surface area contributed by atoms with Crippen molar-refractivity contribution in [2.75, 3.05) is 56.2 Å². The van der Waals surface area contributed by atoms with Crippen LogP contribution < -0.4 is 15.0 Å². The highest BCUT2D eigenvalue weighted by Gasteiger charge is 2.45. The number of hydrogen-bond acceptors (Lipinski definition) is 7. The van der Waals surface area contributed by atoms with Crippen molar-refractivity contribution in [1.29, 1.82) is 0 Å². The van der Waals surface area contributed by atoms with Crippen molar-refractivity contribution in [3.63, 3.8) is 0 Å². The summed E-state index contributed by atoms with van der Waals surface area (Å²) >= 11 is 24.9. The highest BCUT2D eigenvalue weighted by atomic mass is 35.5. The standard InChI is InChI=1S/C32H31Cl4N5O4/c33-22-1-7-27(28(35)15-22)32(20-40-10-9-37-21-40)44-19-26(45-32)18-43-25-5-3-24(4-6-25)41-13-11-39(12-14-41)17-31(42)38-30-8-2-23(34)16-29(30)36/h1-10,15-16,21,26H,11-14,17-20H2,(H,38,42)/t26-,32-/m1/s1. The zero-order valence-electron chi connectivity index (χ0n) is 24.2. The maximum atomic E-state index is 12.6. The van der Waals surface area contributed by atoms with Crippen LogP contribution in [0.4, 0.5) is 11.4 Å². The SMILES string of the molecule is O=C(CN1CCN(c2ccc(OC[C@@H]3CO[C@@](Cn4ccnc4)(c4ccc(Cl)cc4Cl)O3)cc2)CC1)Nc1ccc(Cl)cc1Cl. The Labute approximate surface area is 281 Å². The predicted molar refractivity (Wildman–Crippen MR) is 177 cm³/mol. The quantitative estimate of drug-likeness (QED) is 0.201. The molecule has 13 heteroatoms. The van der Waals surface area contributed by atoms with Crippen LogP contribution in [0.1, 0.15) is 5.56 Å². The summed E-state index contributed by atoms with van der Waals surface area (Å²) in [5, 5.41) is 4.80. The first-order valence-corrected chi connectivity index (χ1v) is 16.0. The molecule has 4 aromatic rings. The minimum atomic E-state index is -1.11. The fourth-order valence-electron chi connectivity index (χ4n) is 5.47. The number of benzene rings is 3. The van der Waals surface area contributed by atoms with Crippen LogP contribution in [0.25, 0.3) is 0 Å². The highest BCUT2D eigenvalue weighted by Crippen LogP contribution is 2.40. The summed E-state index contributed by atoms with van der Waals surface area (Å²) in [6.45, 7) is 4.42. The van der Waals surface area contributed by atoms with Crippen molar-refractivity contribution in [3.8, 4) is 5.75 Å². The number of carbonyl (C=O) groups is 1. The summed E-state index contributed by atoms with van der Waals surface area (Å²) < 4.78 is 20.7. The number of nitrogens with zero attached hydrogens (tertiary/aromatic N) is 4. The number of rotatable bonds is 10. The third-order valence-electron chi connectivity index (χ3n) is 7.73. The van der Waals surface area contributed by atoms with E-state index in [2.05, 4.69) is 20.1 Å². The second-order valence-corrected chi connectivity index (χ2v) is 12.6. The molecule has 0 bridgehead atoms. The summed E-state index contributed by atoms with van der Waals surface area (Å²) in [7, 11) is 0. The summed E-state index contributed by atoms with van der Waals surface area (Å²) in [4.78, 5) is 21.1. The first kappa shape index (κ1) is 31.9. The lowest BCUT2D eigenvalue weighted by Gasteiger charge is -2.35. The Hall–Kier alpha value is -3.02. The molecule has 1 amide bonds. The van der Waals surface area contributed by atoms with Gasteiger partial charge in [0.05, 0.1) is 41.8 Å². The Kier molecular flexibility index (Phi) is 10.1.